The Kier molecular flexibility index (Phi) is 3.94. The molecule has 2 unspecified atom stereocenters. The Morgan fingerprint density at radius 3 is 2.80 bits per heavy atom. The van der Waals surface area contributed by atoms with E-state index in [1.165, 1.54) is 0 Å². The number of nitro groups is 1. The minimum Gasteiger partial charge on any atom is -0.370 e. The number of halogens is 3. The van der Waals surface area contributed by atoms with Gasteiger partial charge in [-0.25, -0.2) is 13.2 Å². The smallest absolute Gasteiger partial charge is 0.269 e. The molecule has 1 aliphatic heterocycles. The predicted molar refractivity (Wildman–Crippen MR) is 70.6 cm³/mol. The van der Waals surface area contributed by atoms with E-state index < -0.39 is 29.1 Å². The first-order valence-electron chi connectivity index (χ1n) is 5.87. The summed E-state index contributed by atoms with van der Waals surface area (Å²) in [6.07, 6.45) is -0.0964. The number of rotatable bonds is 3. The second-order valence-electron chi connectivity index (χ2n) is 4.63. The highest BCUT2D eigenvalue weighted by Crippen LogP contribution is 2.34. The minimum atomic E-state index is -2.23. The molecule has 1 heterocycles. The molecule has 1 aromatic rings. The lowest BCUT2D eigenvalue weighted by Gasteiger charge is -2.34. The molecule has 1 fully saturated rings. The van der Waals surface area contributed by atoms with E-state index in [4.69, 9.17) is 12.2 Å². The van der Waals surface area contributed by atoms with Crippen molar-refractivity contribution in [2.24, 2.45) is 0 Å². The summed E-state index contributed by atoms with van der Waals surface area (Å²) < 4.78 is 40.3. The van der Waals surface area contributed by atoms with Gasteiger partial charge in [-0.05, 0) is 18.9 Å². The van der Waals surface area contributed by atoms with Crippen LogP contribution in [-0.2, 0) is 0 Å². The fourth-order valence-electron chi connectivity index (χ4n) is 2.12. The van der Waals surface area contributed by atoms with Crippen LogP contribution in [0.1, 0.15) is 24.4 Å². The summed E-state index contributed by atoms with van der Waals surface area (Å²) in [5.41, 5.74) is -2.47. The Morgan fingerprint density at radius 2 is 2.25 bits per heavy atom. The first-order valence-corrected chi connectivity index (χ1v) is 6.28. The number of hydrogen-bond donors (Lipinski definition) is 1. The van der Waals surface area contributed by atoms with Crippen LogP contribution in [0.15, 0.2) is 18.2 Å². The second kappa shape index (κ2) is 5.35. The van der Waals surface area contributed by atoms with Crippen LogP contribution in [0, 0.1) is 15.9 Å². The molecular weight excluding hydrogens is 293 g/mol. The van der Waals surface area contributed by atoms with Crippen molar-refractivity contribution in [2.75, 3.05) is 6.67 Å². The molecule has 8 heteroatoms. The maximum atomic E-state index is 13.9. The number of hydrogen-bond acceptors (Lipinski definition) is 3. The van der Waals surface area contributed by atoms with Crippen LogP contribution in [0.2, 0.25) is 0 Å². The summed E-state index contributed by atoms with van der Waals surface area (Å²) in [6, 6.07) is 2.40. The Hall–Kier alpha value is -1.70. The first-order chi connectivity index (χ1) is 9.37. The third-order valence-corrected chi connectivity index (χ3v) is 3.80. The average Bonchev–Trinajstić information content (AvgIpc) is 2.42. The van der Waals surface area contributed by atoms with Gasteiger partial charge in [0.05, 0.1) is 11.0 Å². The van der Waals surface area contributed by atoms with Crippen LogP contribution in [0.25, 0.3) is 0 Å². The number of nitrogens with zero attached hydrogens (tertiary/aromatic N) is 1. The van der Waals surface area contributed by atoms with E-state index in [0.29, 0.717) is 0 Å². The quantitative estimate of drug-likeness (QED) is 0.529. The number of alkyl halides is 2. The SMILES string of the molecule is O=[N+]([O-])c1ccc(F)c(C2CCC(F)(CF)C(=S)N2)c1. The van der Waals surface area contributed by atoms with E-state index in [9.17, 15) is 23.3 Å². The summed E-state index contributed by atoms with van der Waals surface area (Å²) in [4.78, 5) is 9.71. The van der Waals surface area contributed by atoms with Gasteiger partial charge in [-0.1, -0.05) is 12.2 Å². The number of benzene rings is 1. The van der Waals surface area contributed by atoms with Crippen molar-refractivity contribution in [1.82, 2.24) is 5.32 Å². The Balaban J connectivity index is 2.28. The molecule has 1 aliphatic rings. The van der Waals surface area contributed by atoms with E-state index in [0.717, 1.165) is 18.2 Å². The third-order valence-electron chi connectivity index (χ3n) is 3.32. The fraction of sp³-hybridized carbons (Fsp3) is 0.417. The molecule has 108 valence electrons. The highest BCUT2D eigenvalue weighted by molar-refractivity contribution is 7.80. The lowest BCUT2D eigenvalue weighted by molar-refractivity contribution is -0.385. The molecule has 1 saturated heterocycles. The van der Waals surface area contributed by atoms with Crippen LogP contribution >= 0.6 is 12.2 Å². The Labute approximate surface area is 118 Å². The van der Waals surface area contributed by atoms with Crippen molar-refractivity contribution in [1.29, 1.82) is 0 Å². The monoisotopic (exact) mass is 304 g/mol. The largest absolute Gasteiger partial charge is 0.370 e. The van der Waals surface area contributed by atoms with Crippen LogP contribution in [0.5, 0.6) is 0 Å². The first kappa shape index (κ1) is 14.7. The van der Waals surface area contributed by atoms with E-state index in [2.05, 4.69) is 5.32 Å². The minimum absolute atomic E-state index is 0.0301. The molecule has 0 saturated carbocycles. The highest BCUT2D eigenvalue weighted by atomic mass is 32.1. The van der Waals surface area contributed by atoms with Crippen molar-refractivity contribution in [3.63, 3.8) is 0 Å². The summed E-state index contributed by atoms with van der Waals surface area (Å²) in [6.45, 7) is -1.25. The zero-order valence-corrected chi connectivity index (χ0v) is 11.1. The van der Waals surface area contributed by atoms with Crippen molar-refractivity contribution < 1.29 is 18.1 Å². The van der Waals surface area contributed by atoms with Crippen LogP contribution in [-0.4, -0.2) is 22.3 Å². The molecule has 1 aromatic carbocycles. The molecule has 0 radical (unpaired) electrons. The summed E-state index contributed by atoms with van der Waals surface area (Å²) in [5, 5.41) is 13.2. The normalized spacial score (nSPS) is 26.1. The molecule has 4 nitrogen and oxygen atoms in total. The van der Waals surface area contributed by atoms with Gasteiger partial charge in [-0.15, -0.1) is 0 Å². The number of nitro benzene ring substituents is 1. The van der Waals surface area contributed by atoms with Crippen molar-refractivity contribution in [3.05, 3.63) is 39.7 Å². The second-order valence-corrected chi connectivity index (χ2v) is 5.03. The lowest BCUT2D eigenvalue weighted by atomic mass is 9.89. The zero-order valence-electron chi connectivity index (χ0n) is 10.2. The molecule has 0 spiro atoms. The van der Waals surface area contributed by atoms with Gasteiger partial charge >= 0.3 is 0 Å². The van der Waals surface area contributed by atoms with Crippen LogP contribution < -0.4 is 5.32 Å². The van der Waals surface area contributed by atoms with E-state index in [1.54, 1.807) is 0 Å². The molecule has 20 heavy (non-hydrogen) atoms. The zero-order chi connectivity index (χ0) is 14.9. The molecule has 1 N–H and O–H groups in total. The van der Waals surface area contributed by atoms with Crippen LogP contribution in [0.4, 0.5) is 18.9 Å². The van der Waals surface area contributed by atoms with Gasteiger partial charge in [0.15, 0.2) is 5.67 Å². The number of non-ortho nitro benzene ring substituents is 1. The number of piperidine rings is 1. The molecule has 0 amide bonds. The molecule has 0 aliphatic carbocycles. The van der Waals surface area contributed by atoms with Gasteiger partial charge in [0.25, 0.3) is 5.69 Å². The number of nitrogens with one attached hydrogen (secondary N) is 1. The number of thiocarbonyl (C=S) groups is 1. The fourth-order valence-corrected chi connectivity index (χ4v) is 2.42. The van der Waals surface area contributed by atoms with Gasteiger partial charge in [0.2, 0.25) is 0 Å². The molecule has 0 bridgehead atoms. The highest BCUT2D eigenvalue weighted by Gasteiger charge is 2.41. The van der Waals surface area contributed by atoms with Gasteiger partial charge in [-0.3, -0.25) is 10.1 Å². The molecular formula is C12H11F3N2O2S. The van der Waals surface area contributed by atoms with Crippen molar-refractivity contribution >= 4 is 22.9 Å². The lowest BCUT2D eigenvalue weighted by Crippen LogP contribution is -2.49. The molecule has 0 aromatic heterocycles. The van der Waals surface area contributed by atoms with Crippen molar-refractivity contribution in [3.8, 4) is 0 Å². The maximum Gasteiger partial charge on any atom is 0.269 e. The third kappa shape index (κ3) is 2.60. The van der Waals surface area contributed by atoms with Gasteiger partial charge in [0.1, 0.15) is 17.5 Å². The summed E-state index contributed by atoms with van der Waals surface area (Å²) in [5.74, 6) is -0.650. The topological polar surface area (TPSA) is 55.2 Å². The Morgan fingerprint density at radius 1 is 1.55 bits per heavy atom. The van der Waals surface area contributed by atoms with Gasteiger partial charge in [0, 0.05) is 17.7 Å². The van der Waals surface area contributed by atoms with E-state index in [1.807, 2.05) is 0 Å². The van der Waals surface area contributed by atoms with Gasteiger partial charge < -0.3 is 5.32 Å². The maximum absolute atomic E-state index is 13.9. The predicted octanol–water partition coefficient (Wildman–Crippen LogP) is 3.16. The Bertz CT molecular complexity index is 570. The van der Waals surface area contributed by atoms with E-state index >= 15 is 0 Å². The standard InChI is InChI=1S/C12H11F3N2O2S/c13-6-12(15)4-3-10(16-11(12)20)8-5-7(17(18)19)1-2-9(8)14/h1-2,5,10H,3-4,6H2,(H,16,20). The summed E-state index contributed by atoms with van der Waals surface area (Å²) in [7, 11) is 0. The van der Waals surface area contributed by atoms with Crippen LogP contribution in [0.3, 0.4) is 0 Å². The van der Waals surface area contributed by atoms with E-state index in [-0.39, 0.29) is 29.1 Å². The molecule has 2 rings (SSSR count). The average molecular weight is 304 g/mol. The molecule has 2 atom stereocenters. The van der Waals surface area contributed by atoms with Gasteiger partial charge in [-0.2, -0.15) is 0 Å². The summed E-state index contributed by atoms with van der Waals surface area (Å²) >= 11 is 4.76. The van der Waals surface area contributed by atoms with Crippen molar-refractivity contribution in [2.45, 2.75) is 24.6 Å².